The summed E-state index contributed by atoms with van der Waals surface area (Å²) in [6, 6.07) is -0.101. The van der Waals surface area contributed by atoms with Gasteiger partial charge >= 0.3 is 6.03 Å². The van der Waals surface area contributed by atoms with Gasteiger partial charge in [0.2, 0.25) is 5.89 Å². The predicted octanol–water partition coefficient (Wildman–Crippen LogP) is 1.73. The maximum atomic E-state index is 12.1. The average molecular weight is 296 g/mol. The summed E-state index contributed by atoms with van der Waals surface area (Å²) < 4.78 is 10.8. The number of ether oxygens (including phenoxy) is 1. The van der Waals surface area contributed by atoms with Crippen LogP contribution in [0.5, 0.6) is 0 Å². The normalized spacial score (nSPS) is 18.8. The topological polar surface area (TPSA) is 80.5 Å². The van der Waals surface area contributed by atoms with Crippen molar-refractivity contribution in [2.75, 3.05) is 19.7 Å². The molecule has 1 aromatic rings. The van der Waals surface area contributed by atoms with Crippen LogP contribution in [0.15, 0.2) is 4.52 Å². The Hall–Kier alpha value is -1.63. The van der Waals surface area contributed by atoms with E-state index in [1.807, 2.05) is 6.92 Å². The molecule has 0 aliphatic carbocycles. The number of likely N-dealkylation sites (tertiary alicyclic amines) is 1. The fourth-order valence-electron chi connectivity index (χ4n) is 2.31. The number of nitrogens with zero attached hydrogens (tertiary/aromatic N) is 3. The highest BCUT2D eigenvalue weighted by molar-refractivity contribution is 5.74. The molecule has 0 unspecified atom stereocenters. The number of nitrogens with one attached hydrogen (secondary N) is 1. The van der Waals surface area contributed by atoms with Crippen molar-refractivity contribution >= 4 is 6.03 Å². The van der Waals surface area contributed by atoms with Gasteiger partial charge in [0.25, 0.3) is 0 Å². The molecule has 0 aromatic carbocycles. The number of carbonyl (C=O) groups is 1. The number of urea groups is 1. The van der Waals surface area contributed by atoms with Crippen molar-refractivity contribution in [2.45, 2.75) is 52.2 Å². The van der Waals surface area contributed by atoms with Crippen LogP contribution >= 0.6 is 0 Å². The first-order chi connectivity index (χ1) is 10.2. The van der Waals surface area contributed by atoms with Gasteiger partial charge in [-0.15, -0.1) is 0 Å². The number of carbonyl (C=O) groups excluding carboxylic acids is 1. The Bertz CT molecular complexity index is 449. The van der Waals surface area contributed by atoms with Gasteiger partial charge < -0.3 is 19.5 Å². The van der Waals surface area contributed by atoms with Crippen molar-refractivity contribution < 1.29 is 14.1 Å². The Morgan fingerprint density at radius 3 is 3.10 bits per heavy atom. The van der Waals surface area contributed by atoms with E-state index in [-0.39, 0.29) is 18.7 Å². The van der Waals surface area contributed by atoms with Gasteiger partial charge in [-0.25, -0.2) is 4.79 Å². The molecule has 7 heteroatoms. The number of hydrogen-bond donors (Lipinski definition) is 1. The number of piperidine rings is 1. The molecular weight excluding hydrogens is 272 g/mol. The van der Waals surface area contributed by atoms with E-state index in [1.54, 1.807) is 4.90 Å². The lowest BCUT2D eigenvalue weighted by atomic mass is 10.1. The Morgan fingerprint density at radius 2 is 2.38 bits per heavy atom. The van der Waals surface area contributed by atoms with E-state index >= 15 is 0 Å². The Kier molecular flexibility index (Phi) is 5.98. The minimum Gasteiger partial charge on any atom is -0.376 e. The van der Waals surface area contributed by atoms with E-state index in [0.29, 0.717) is 18.3 Å². The first kappa shape index (κ1) is 15.8. The quantitative estimate of drug-likeness (QED) is 0.864. The Morgan fingerprint density at radius 1 is 1.52 bits per heavy atom. The molecule has 1 saturated heterocycles. The predicted molar refractivity (Wildman–Crippen MR) is 76.7 cm³/mol. The summed E-state index contributed by atoms with van der Waals surface area (Å²) >= 11 is 0. The third-order valence-electron chi connectivity index (χ3n) is 3.44. The van der Waals surface area contributed by atoms with E-state index in [9.17, 15) is 4.79 Å². The Labute approximate surface area is 125 Å². The lowest BCUT2D eigenvalue weighted by Crippen LogP contribution is -2.47. The molecule has 21 heavy (non-hydrogen) atoms. The molecule has 118 valence electrons. The van der Waals surface area contributed by atoms with Crippen LogP contribution < -0.4 is 5.32 Å². The van der Waals surface area contributed by atoms with Crippen LogP contribution in [0.3, 0.4) is 0 Å². The standard InChI is InChI=1S/C14H24N4O3/c1-3-8-20-11-6-5-7-18(10-11)14(19)15-9-13-16-12(4-2)17-21-13/h11H,3-10H2,1-2H3,(H,15,19)/t11-/m1/s1. The average Bonchev–Trinajstić information content (AvgIpc) is 2.99. The summed E-state index contributed by atoms with van der Waals surface area (Å²) in [4.78, 5) is 18.1. The molecular formula is C14H24N4O3. The van der Waals surface area contributed by atoms with Crippen LogP contribution in [0.25, 0.3) is 0 Å². The number of rotatable bonds is 6. The molecule has 7 nitrogen and oxygen atoms in total. The summed E-state index contributed by atoms with van der Waals surface area (Å²) in [5, 5.41) is 6.62. The lowest BCUT2D eigenvalue weighted by molar-refractivity contribution is 0.00995. The van der Waals surface area contributed by atoms with Crippen LogP contribution in [0.2, 0.25) is 0 Å². The molecule has 2 amide bonds. The van der Waals surface area contributed by atoms with E-state index in [0.717, 1.165) is 38.8 Å². The highest BCUT2D eigenvalue weighted by Gasteiger charge is 2.24. The highest BCUT2D eigenvalue weighted by Crippen LogP contribution is 2.13. The molecule has 1 aliphatic rings. The zero-order valence-electron chi connectivity index (χ0n) is 12.8. The van der Waals surface area contributed by atoms with Crippen molar-refractivity contribution in [3.05, 3.63) is 11.7 Å². The third-order valence-corrected chi connectivity index (χ3v) is 3.44. The van der Waals surface area contributed by atoms with E-state index in [1.165, 1.54) is 0 Å². The molecule has 1 fully saturated rings. The summed E-state index contributed by atoms with van der Waals surface area (Å²) in [7, 11) is 0. The van der Waals surface area contributed by atoms with Crippen LogP contribution in [-0.2, 0) is 17.7 Å². The summed E-state index contributed by atoms with van der Waals surface area (Å²) in [5.74, 6) is 1.10. The monoisotopic (exact) mass is 296 g/mol. The van der Waals surface area contributed by atoms with E-state index < -0.39 is 0 Å². The molecule has 1 aromatic heterocycles. The first-order valence-electron chi connectivity index (χ1n) is 7.68. The molecule has 0 bridgehead atoms. The van der Waals surface area contributed by atoms with Gasteiger partial charge in [-0.1, -0.05) is 19.0 Å². The van der Waals surface area contributed by atoms with Crippen molar-refractivity contribution in [2.24, 2.45) is 0 Å². The smallest absolute Gasteiger partial charge is 0.317 e. The zero-order chi connectivity index (χ0) is 15.1. The maximum Gasteiger partial charge on any atom is 0.317 e. The second kappa shape index (κ2) is 7.97. The number of aryl methyl sites for hydroxylation is 1. The third kappa shape index (κ3) is 4.70. The molecule has 0 spiro atoms. The van der Waals surface area contributed by atoms with Gasteiger partial charge in [0.15, 0.2) is 5.82 Å². The number of aromatic nitrogens is 2. The van der Waals surface area contributed by atoms with Crippen LogP contribution in [-0.4, -0.2) is 46.9 Å². The Balaban J connectivity index is 1.76. The van der Waals surface area contributed by atoms with Crippen molar-refractivity contribution in [3.63, 3.8) is 0 Å². The fraction of sp³-hybridized carbons (Fsp3) is 0.786. The van der Waals surface area contributed by atoms with Gasteiger partial charge in [-0.2, -0.15) is 4.98 Å². The molecule has 0 saturated carbocycles. The minimum absolute atomic E-state index is 0.101. The van der Waals surface area contributed by atoms with Gasteiger partial charge in [-0.05, 0) is 19.3 Å². The van der Waals surface area contributed by atoms with Crippen LogP contribution in [0, 0.1) is 0 Å². The zero-order valence-corrected chi connectivity index (χ0v) is 12.8. The largest absolute Gasteiger partial charge is 0.376 e. The fourth-order valence-corrected chi connectivity index (χ4v) is 2.31. The maximum absolute atomic E-state index is 12.1. The second-order valence-corrected chi connectivity index (χ2v) is 5.20. The molecule has 1 atom stereocenters. The number of hydrogen-bond acceptors (Lipinski definition) is 5. The van der Waals surface area contributed by atoms with Gasteiger partial charge in [-0.3, -0.25) is 0 Å². The van der Waals surface area contributed by atoms with E-state index in [4.69, 9.17) is 9.26 Å². The van der Waals surface area contributed by atoms with Crippen LogP contribution in [0.4, 0.5) is 4.79 Å². The minimum atomic E-state index is -0.101. The summed E-state index contributed by atoms with van der Waals surface area (Å²) in [6.07, 6.45) is 3.87. The van der Waals surface area contributed by atoms with E-state index in [2.05, 4.69) is 22.4 Å². The SMILES string of the molecule is CCCO[C@@H]1CCCN(C(=O)NCc2nc(CC)no2)C1. The molecule has 1 aliphatic heterocycles. The van der Waals surface area contributed by atoms with Gasteiger partial charge in [0.05, 0.1) is 12.6 Å². The molecule has 2 rings (SSSR count). The number of amides is 2. The molecule has 1 N–H and O–H groups in total. The molecule has 2 heterocycles. The van der Waals surface area contributed by atoms with Crippen molar-refractivity contribution in [1.29, 1.82) is 0 Å². The lowest BCUT2D eigenvalue weighted by Gasteiger charge is -2.32. The van der Waals surface area contributed by atoms with Crippen LogP contribution in [0.1, 0.15) is 44.8 Å². The van der Waals surface area contributed by atoms with Crippen molar-refractivity contribution in [3.8, 4) is 0 Å². The van der Waals surface area contributed by atoms with Gasteiger partial charge in [0, 0.05) is 26.1 Å². The van der Waals surface area contributed by atoms with Crippen molar-refractivity contribution in [1.82, 2.24) is 20.4 Å². The highest BCUT2D eigenvalue weighted by atomic mass is 16.5. The second-order valence-electron chi connectivity index (χ2n) is 5.20. The summed E-state index contributed by atoms with van der Waals surface area (Å²) in [5.41, 5.74) is 0. The molecule has 0 radical (unpaired) electrons. The summed E-state index contributed by atoms with van der Waals surface area (Å²) in [6.45, 7) is 6.47. The first-order valence-corrected chi connectivity index (χ1v) is 7.68. The van der Waals surface area contributed by atoms with Gasteiger partial charge in [0.1, 0.15) is 0 Å².